The molecule has 4 bridgehead atoms. The monoisotopic (exact) mass is 351 g/mol. The van der Waals surface area contributed by atoms with Crippen LogP contribution in [-0.2, 0) is 4.79 Å². The summed E-state index contributed by atoms with van der Waals surface area (Å²) in [6.07, 6.45) is 8.44. The maximum atomic E-state index is 12.8. The number of rotatable bonds is 5. The van der Waals surface area contributed by atoms with Gasteiger partial charge >= 0.3 is 0 Å². The molecule has 6 heteroatoms. The third-order valence-electron chi connectivity index (χ3n) is 6.08. The van der Waals surface area contributed by atoms with Gasteiger partial charge in [-0.3, -0.25) is 4.79 Å². The molecule has 0 aliphatic heterocycles. The number of nitrogens with zero attached hydrogens (tertiary/aromatic N) is 3. The molecule has 4 nitrogen and oxygen atoms in total. The first-order valence-corrected chi connectivity index (χ1v) is 10.5. The van der Waals surface area contributed by atoms with E-state index in [2.05, 4.69) is 10.2 Å². The van der Waals surface area contributed by atoms with Gasteiger partial charge < -0.3 is 4.90 Å². The van der Waals surface area contributed by atoms with Crippen molar-refractivity contribution in [3.8, 4) is 0 Å². The molecule has 1 atom stereocenters. The van der Waals surface area contributed by atoms with E-state index in [1.165, 1.54) is 61.6 Å². The summed E-state index contributed by atoms with van der Waals surface area (Å²) >= 11 is 3.04. The van der Waals surface area contributed by atoms with Crippen molar-refractivity contribution in [2.75, 3.05) is 13.6 Å². The van der Waals surface area contributed by atoms with Gasteiger partial charge in [0.05, 0.1) is 5.25 Å². The Bertz CT molecular complexity index is 539. The molecule has 0 radical (unpaired) electrons. The molecule has 1 aromatic rings. The Labute approximate surface area is 146 Å². The summed E-state index contributed by atoms with van der Waals surface area (Å²) in [6.45, 7) is 2.95. The lowest BCUT2D eigenvalue weighted by molar-refractivity contribution is -0.134. The fourth-order valence-corrected chi connectivity index (χ4v) is 7.53. The minimum atomic E-state index is -0.0816. The van der Waals surface area contributed by atoms with Crippen LogP contribution in [0.3, 0.4) is 0 Å². The van der Waals surface area contributed by atoms with Gasteiger partial charge in [0, 0.05) is 13.6 Å². The van der Waals surface area contributed by atoms with Gasteiger partial charge in [0.25, 0.3) is 0 Å². The molecular weight excluding hydrogens is 326 g/mol. The first-order valence-electron chi connectivity index (χ1n) is 8.71. The van der Waals surface area contributed by atoms with E-state index in [1.54, 1.807) is 5.51 Å². The predicted octanol–water partition coefficient (Wildman–Crippen LogP) is 3.69. The molecule has 1 amide bonds. The molecule has 126 valence electrons. The van der Waals surface area contributed by atoms with Gasteiger partial charge in [-0.05, 0) is 68.6 Å². The Morgan fingerprint density at radius 3 is 2.48 bits per heavy atom. The van der Waals surface area contributed by atoms with Crippen LogP contribution in [0, 0.1) is 23.2 Å². The van der Waals surface area contributed by atoms with Crippen LogP contribution < -0.4 is 0 Å². The molecule has 0 unspecified atom stereocenters. The quantitative estimate of drug-likeness (QED) is 0.759. The van der Waals surface area contributed by atoms with Crippen molar-refractivity contribution in [2.45, 2.75) is 55.0 Å². The molecule has 0 spiro atoms. The van der Waals surface area contributed by atoms with E-state index in [-0.39, 0.29) is 11.2 Å². The van der Waals surface area contributed by atoms with Gasteiger partial charge in [-0.1, -0.05) is 23.1 Å². The van der Waals surface area contributed by atoms with Crippen molar-refractivity contribution >= 4 is 29.0 Å². The predicted molar refractivity (Wildman–Crippen MR) is 93.5 cm³/mol. The lowest BCUT2D eigenvalue weighted by atomic mass is 9.49. The van der Waals surface area contributed by atoms with Crippen molar-refractivity contribution in [1.29, 1.82) is 0 Å². The first kappa shape index (κ1) is 15.9. The highest BCUT2D eigenvalue weighted by Gasteiger charge is 2.51. The van der Waals surface area contributed by atoms with Gasteiger partial charge in [-0.25, -0.2) is 0 Å². The minimum Gasteiger partial charge on any atom is -0.344 e. The van der Waals surface area contributed by atoms with Gasteiger partial charge in [-0.15, -0.1) is 10.2 Å². The van der Waals surface area contributed by atoms with E-state index in [9.17, 15) is 4.79 Å². The van der Waals surface area contributed by atoms with Crippen LogP contribution in [0.2, 0.25) is 0 Å². The number of carbonyl (C=O) groups excluding carboxylic acids is 1. The molecule has 4 saturated carbocycles. The second-order valence-corrected chi connectivity index (χ2v) is 10.5. The fourth-order valence-electron chi connectivity index (χ4n) is 5.79. The number of thioether (sulfide) groups is 1. The normalized spacial score (nSPS) is 36.2. The van der Waals surface area contributed by atoms with E-state index in [1.807, 2.05) is 18.9 Å². The zero-order valence-corrected chi connectivity index (χ0v) is 15.5. The molecule has 1 aromatic heterocycles. The van der Waals surface area contributed by atoms with E-state index < -0.39 is 0 Å². The summed E-state index contributed by atoms with van der Waals surface area (Å²) in [6, 6.07) is 0. The Morgan fingerprint density at radius 2 is 1.96 bits per heavy atom. The Morgan fingerprint density at radius 1 is 1.35 bits per heavy atom. The van der Waals surface area contributed by atoms with Crippen LogP contribution in [0.25, 0.3) is 0 Å². The van der Waals surface area contributed by atoms with Crippen LogP contribution in [0.4, 0.5) is 0 Å². The molecule has 0 saturated heterocycles. The molecule has 1 heterocycles. The van der Waals surface area contributed by atoms with Gasteiger partial charge in [-0.2, -0.15) is 0 Å². The second kappa shape index (κ2) is 6.03. The molecule has 0 N–H and O–H groups in total. The van der Waals surface area contributed by atoms with Crippen molar-refractivity contribution in [1.82, 2.24) is 15.1 Å². The zero-order chi connectivity index (χ0) is 16.0. The van der Waals surface area contributed by atoms with Crippen LogP contribution in [0.1, 0.15) is 45.4 Å². The maximum absolute atomic E-state index is 12.8. The lowest BCUT2D eigenvalue weighted by Gasteiger charge is -2.57. The Kier molecular flexibility index (Phi) is 4.16. The van der Waals surface area contributed by atoms with Crippen molar-refractivity contribution in [2.24, 2.45) is 23.2 Å². The number of carbonyl (C=O) groups is 1. The fraction of sp³-hybridized carbons (Fsp3) is 0.824. The summed E-state index contributed by atoms with van der Waals surface area (Å²) in [5.41, 5.74) is 2.14. The average molecular weight is 352 g/mol. The number of hydrogen-bond acceptors (Lipinski definition) is 5. The topological polar surface area (TPSA) is 46.1 Å². The molecule has 5 rings (SSSR count). The van der Waals surface area contributed by atoms with Crippen molar-refractivity contribution in [3.63, 3.8) is 0 Å². The number of amides is 1. The summed E-state index contributed by atoms with van der Waals surface area (Å²) in [4.78, 5) is 14.8. The highest BCUT2D eigenvalue weighted by atomic mass is 32.2. The third-order valence-corrected chi connectivity index (χ3v) is 7.98. The van der Waals surface area contributed by atoms with Gasteiger partial charge in [0.1, 0.15) is 5.51 Å². The van der Waals surface area contributed by atoms with E-state index in [4.69, 9.17) is 0 Å². The van der Waals surface area contributed by atoms with Crippen LogP contribution in [0.15, 0.2) is 9.85 Å². The van der Waals surface area contributed by atoms with Crippen molar-refractivity contribution in [3.05, 3.63) is 5.51 Å². The van der Waals surface area contributed by atoms with Crippen LogP contribution in [0.5, 0.6) is 0 Å². The van der Waals surface area contributed by atoms with Crippen molar-refractivity contribution < 1.29 is 4.79 Å². The molecule has 4 aliphatic rings. The standard InChI is InChI=1S/C17H25N3OS2/c1-11(23-16-19-18-10-22-16)15(21)20(2)9-17-6-12-3-13(7-17)5-14(4-12)8-17/h10-14H,3-9H2,1-2H3/t11-,12?,13?,14?,17?/m1/s1. The molecule has 4 fully saturated rings. The van der Waals surface area contributed by atoms with E-state index in [0.717, 1.165) is 28.6 Å². The maximum Gasteiger partial charge on any atom is 0.235 e. The largest absolute Gasteiger partial charge is 0.344 e. The summed E-state index contributed by atoms with van der Waals surface area (Å²) < 4.78 is 0.883. The molecule has 0 aromatic carbocycles. The molecule has 4 aliphatic carbocycles. The molecular formula is C17H25N3OS2. The van der Waals surface area contributed by atoms with Gasteiger partial charge in [0.15, 0.2) is 4.34 Å². The van der Waals surface area contributed by atoms with E-state index in [0.29, 0.717) is 5.41 Å². The Hall–Kier alpha value is -0.620. The SMILES string of the molecule is C[C@@H](Sc1nncs1)C(=O)N(C)CC12CC3CC(CC(C3)C1)C2. The third kappa shape index (κ3) is 3.16. The second-order valence-electron chi connectivity index (χ2n) is 8.08. The number of hydrogen-bond donors (Lipinski definition) is 0. The van der Waals surface area contributed by atoms with E-state index >= 15 is 0 Å². The number of aromatic nitrogens is 2. The average Bonchev–Trinajstić information content (AvgIpc) is 2.97. The highest BCUT2D eigenvalue weighted by Crippen LogP contribution is 2.60. The summed E-state index contributed by atoms with van der Waals surface area (Å²) in [5, 5.41) is 7.81. The summed E-state index contributed by atoms with van der Waals surface area (Å²) in [7, 11) is 2.00. The lowest BCUT2D eigenvalue weighted by Crippen LogP contribution is -2.52. The zero-order valence-electron chi connectivity index (χ0n) is 13.9. The Balaban J connectivity index is 1.39. The highest BCUT2D eigenvalue weighted by molar-refractivity contribution is 8.02. The summed E-state index contributed by atoms with van der Waals surface area (Å²) in [5.74, 6) is 3.06. The van der Waals surface area contributed by atoms with Crippen LogP contribution >= 0.6 is 23.1 Å². The molecule has 23 heavy (non-hydrogen) atoms. The smallest absolute Gasteiger partial charge is 0.235 e. The van der Waals surface area contributed by atoms with Gasteiger partial charge in [0.2, 0.25) is 5.91 Å². The first-order chi connectivity index (χ1) is 11.0. The van der Waals surface area contributed by atoms with Crippen LogP contribution in [-0.4, -0.2) is 39.8 Å². The minimum absolute atomic E-state index is 0.0816.